The molecule has 0 amide bonds. The minimum Gasteiger partial charge on any atom is -0.308 e. The highest BCUT2D eigenvalue weighted by Gasteiger charge is 2.31. The van der Waals surface area contributed by atoms with Crippen molar-refractivity contribution in [3.8, 4) is 28.7 Å². The maximum atomic E-state index is 13.7. The molecule has 0 spiro atoms. The fourth-order valence-electron chi connectivity index (χ4n) is 4.05. The van der Waals surface area contributed by atoms with E-state index in [0.29, 0.717) is 23.5 Å². The zero-order valence-electron chi connectivity index (χ0n) is 20.3. The summed E-state index contributed by atoms with van der Waals surface area (Å²) in [5, 5.41) is 13.4. The zero-order valence-corrected chi connectivity index (χ0v) is 20.3. The van der Waals surface area contributed by atoms with Gasteiger partial charge in [-0.25, -0.2) is 9.48 Å². The number of nitriles is 1. The van der Waals surface area contributed by atoms with Gasteiger partial charge in [-0.15, -0.1) is 0 Å². The molecule has 8 nitrogen and oxygen atoms in total. The highest BCUT2D eigenvalue weighted by molar-refractivity contribution is 5.64. The Kier molecular flexibility index (Phi) is 6.87. The molecule has 4 rings (SSSR count). The van der Waals surface area contributed by atoms with Crippen LogP contribution in [0.1, 0.15) is 16.8 Å². The summed E-state index contributed by atoms with van der Waals surface area (Å²) in [5.74, 6) is 0. The summed E-state index contributed by atoms with van der Waals surface area (Å²) in [7, 11) is 3.57. The second kappa shape index (κ2) is 9.91. The lowest BCUT2D eigenvalue weighted by Crippen LogP contribution is -2.43. The molecule has 190 valence electrons. The Balaban J connectivity index is 2.01. The van der Waals surface area contributed by atoms with Crippen LogP contribution < -0.4 is 11.2 Å². The van der Waals surface area contributed by atoms with Crippen molar-refractivity contribution < 1.29 is 13.2 Å². The minimum atomic E-state index is -4.61. The number of benzene rings is 2. The highest BCUT2D eigenvalue weighted by atomic mass is 19.4. The van der Waals surface area contributed by atoms with Crippen molar-refractivity contribution in [2.75, 3.05) is 20.6 Å². The number of hydrogen-bond donors (Lipinski definition) is 0. The Morgan fingerprint density at radius 1 is 1.03 bits per heavy atom. The van der Waals surface area contributed by atoms with E-state index in [1.807, 2.05) is 6.07 Å². The van der Waals surface area contributed by atoms with Crippen LogP contribution in [0, 0.1) is 18.3 Å². The van der Waals surface area contributed by atoms with Gasteiger partial charge in [-0.3, -0.25) is 13.9 Å². The van der Waals surface area contributed by atoms with E-state index < -0.39 is 23.0 Å². The van der Waals surface area contributed by atoms with Gasteiger partial charge in [0.25, 0.3) is 5.56 Å². The predicted octanol–water partition coefficient (Wildman–Crippen LogP) is 3.61. The van der Waals surface area contributed by atoms with Crippen LogP contribution in [0.3, 0.4) is 0 Å². The van der Waals surface area contributed by atoms with E-state index in [0.717, 1.165) is 21.3 Å². The molecule has 0 aliphatic carbocycles. The van der Waals surface area contributed by atoms with Crippen molar-refractivity contribution >= 4 is 0 Å². The van der Waals surface area contributed by atoms with E-state index in [2.05, 4.69) is 5.10 Å². The summed E-state index contributed by atoms with van der Waals surface area (Å²) in [6.45, 7) is 1.90. The number of rotatable bonds is 6. The summed E-state index contributed by atoms with van der Waals surface area (Å²) >= 11 is 0. The third-order valence-electron chi connectivity index (χ3n) is 5.92. The third kappa shape index (κ3) is 4.96. The van der Waals surface area contributed by atoms with Gasteiger partial charge in [0.15, 0.2) is 0 Å². The van der Waals surface area contributed by atoms with Crippen molar-refractivity contribution in [2.24, 2.45) is 0 Å². The average Bonchev–Trinajstić information content (AvgIpc) is 3.33. The van der Waals surface area contributed by atoms with Gasteiger partial charge in [-0.1, -0.05) is 6.07 Å². The van der Waals surface area contributed by atoms with Crippen LogP contribution in [0.4, 0.5) is 13.2 Å². The SMILES string of the molecule is Cc1c(-c2ccnn2-c2ccc(C#N)cc2)c(=O)n(CCN(C)C)c(=O)n1-c1cccc(C(F)(F)F)c1. The molecular formula is C26H23F3N6O2. The number of nitrogens with zero attached hydrogens (tertiary/aromatic N) is 6. The standard InChI is InChI=1S/C26H23F3N6O2/c1-17-23(22-11-12-31-35(22)20-9-7-18(16-30)8-10-20)24(36)33(14-13-32(2)3)25(37)34(17)21-6-4-5-19(15-21)26(27,28)29/h4-12,15H,13-14H2,1-3H3. The van der Waals surface area contributed by atoms with Crippen molar-refractivity contribution in [3.63, 3.8) is 0 Å². The fraction of sp³-hybridized carbons (Fsp3) is 0.231. The van der Waals surface area contributed by atoms with Gasteiger partial charge in [0.1, 0.15) is 0 Å². The first kappa shape index (κ1) is 25.7. The smallest absolute Gasteiger partial charge is 0.308 e. The van der Waals surface area contributed by atoms with Crippen molar-refractivity contribution in [2.45, 2.75) is 19.6 Å². The summed E-state index contributed by atoms with van der Waals surface area (Å²) in [4.78, 5) is 29.0. The van der Waals surface area contributed by atoms with E-state index >= 15 is 0 Å². The molecule has 2 aromatic carbocycles. The van der Waals surface area contributed by atoms with Crippen LogP contribution in [0.2, 0.25) is 0 Å². The Morgan fingerprint density at radius 2 is 1.73 bits per heavy atom. The summed E-state index contributed by atoms with van der Waals surface area (Å²) in [5.41, 5.74) is -0.588. The third-order valence-corrected chi connectivity index (χ3v) is 5.92. The molecule has 0 saturated carbocycles. The first-order valence-corrected chi connectivity index (χ1v) is 11.3. The van der Waals surface area contributed by atoms with E-state index in [4.69, 9.17) is 5.26 Å². The number of halogens is 3. The van der Waals surface area contributed by atoms with Crippen LogP contribution in [-0.4, -0.2) is 44.5 Å². The molecule has 0 N–H and O–H groups in total. The maximum Gasteiger partial charge on any atom is 0.416 e. The monoisotopic (exact) mass is 508 g/mol. The molecule has 0 aliphatic heterocycles. The van der Waals surface area contributed by atoms with Crippen molar-refractivity contribution in [1.29, 1.82) is 5.26 Å². The maximum absolute atomic E-state index is 13.7. The summed E-state index contributed by atoms with van der Waals surface area (Å²) in [6, 6.07) is 14.6. The van der Waals surface area contributed by atoms with Crippen LogP contribution in [0.5, 0.6) is 0 Å². The lowest BCUT2D eigenvalue weighted by atomic mass is 10.1. The zero-order chi connectivity index (χ0) is 26.9. The molecule has 4 aromatic rings. The molecule has 0 radical (unpaired) electrons. The van der Waals surface area contributed by atoms with Gasteiger partial charge in [-0.05, 0) is 69.6 Å². The molecule has 0 aliphatic rings. The van der Waals surface area contributed by atoms with Crippen LogP contribution in [-0.2, 0) is 12.7 Å². The van der Waals surface area contributed by atoms with Crippen LogP contribution >= 0.6 is 0 Å². The van der Waals surface area contributed by atoms with Gasteiger partial charge < -0.3 is 4.90 Å². The molecule has 0 unspecified atom stereocenters. The van der Waals surface area contributed by atoms with Gasteiger partial charge in [-0.2, -0.15) is 23.5 Å². The second-order valence-electron chi connectivity index (χ2n) is 8.67. The van der Waals surface area contributed by atoms with Gasteiger partial charge in [0.2, 0.25) is 0 Å². The van der Waals surface area contributed by atoms with Crippen LogP contribution in [0.25, 0.3) is 22.6 Å². The Bertz CT molecular complexity index is 1610. The number of likely N-dealkylation sites (N-methyl/N-ethyl adjacent to an activating group) is 1. The van der Waals surface area contributed by atoms with Crippen molar-refractivity contribution in [1.82, 2.24) is 23.8 Å². The topological polar surface area (TPSA) is 88.8 Å². The van der Waals surface area contributed by atoms with Gasteiger partial charge in [0, 0.05) is 18.8 Å². The van der Waals surface area contributed by atoms with Crippen LogP contribution in [0.15, 0.2) is 70.4 Å². The molecule has 37 heavy (non-hydrogen) atoms. The molecule has 0 fully saturated rings. The lowest BCUT2D eigenvalue weighted by molar-refractivity contribution is -0.137. The molecule has 0 bridgehead atoms. The summed E-state index contributed by atoms with van der Waals surface area (Å²) < 4.78 is 44.0. The quantitative estimate of drug-likeness (QED) is 0.397. The number of alkyl halides is 3. The normalized spacial score (nSPS) is 11.6. The molecule has 2 aromatic heterocycles. The van der Waals surface area contributed by atoms with Gasteiger partial charge in [0.05, 0.1) is 46.0 Å². The van der Waals surface area contributed by atoms with Gasteiger partial charge >= 0.3 is 11.9 Å². The number of hydrogen-bond acceptors (Lipinski definition) is 5. The second-order valence-corrected chi connectivity index (χ2v) is 8.67. The highest BCUT2D eigenvalue weighted by Crippen LogP contribution is 2.31. The van der Waals surface area contributed by atoms with E-state index in [1.165, 1.54) is 29.9 Å². The number of aromatic nitrogens is 4. The molecular weight excluding hydrogens is 485 g/mol. The Hall–Kier alpha value is -4.43. The fourth-order valence-corrected chi connectivity index (χ4v) is 4.05. The Morgan fingerprint density at radius 3 is 2.35 bits per heavy atom. The molecule has 0 atom stereocenters. The molecule has 0 saturated heterocycles. The average molecular weight is 509 g/mol. The largest absolute Gasteiger partial charge is 0.416 e. The Labute approximate surface area is 210 Å². The molecule has 11 heteroatoms. The molecule has 2 heterocycles. The first-order chi connectivity index (χ1) is 17.5. The minimum absolute atomic E-state index is 0.0124. The predicted molar refractivity (Wildman–Crippen MR) is 132 cm³/mol. The lowest BCUT2D eigenvalue weighted by Gasteiger charge is -2.20. The van der Waals surface area contributed by atoms with E-state index in [-0.39, 0.29) is 23.5 Å². The van der Waals surface area contributed by atoms with Crippen molar-refractivity contribution in [3.05, 3.63) is 98.5 Å². The summed E-state index contributed by atoms with van der Waals surface area (Å²) in [6.07, 6.45) is -3.12. The van der Waals surface area contributed by atoms with E-state index in [9.17, 15) is 22.8 Å². The van der Waals surface area contributed by atoms with E-state index in [1.54, 1.807) is 49.3 Å². The first-order valence-electron chi connectivity index (χ1n) is 11.3.